The molecule has 2 fully saturated rings. The van der Waals surface area contributed by atoms with E-state index in [0.29, 0.717) is 24.5 Å². The number of benzene rings is 1. The van der Waals surface area contributed by atoms with Gasteiger partial charge in [0, 0.05) is 25.6 Å². The maximum absolute atomic E-state index is 14.4. The summed E-state index contributed by atoms with van der Waals surface area (Å²) in [7, 11) is 1.58. The second-order valence-corrected chi connectivity index (χ2v) is 6.06. The first-order valence-corrected chi connectivity index (χ1v) is 7.95. The van der Waals surface area contributed by atoms with Gasteiger partial charge in [-0.3, -0.25) is 9.69 Å². The van der Waals surface area contributed by atoms with Crippen molar-refractivity contribution in [2.24, 2.45) is 0 Å². The van der Waals surface area contributed by atoms with Gasteiger partial charge in [-0.05, 0) is 18.2 Å². The summed E-state index contributed by atoms with van der Waals surface area (Å²) in [6, 6.07) is 4.68. The lowest BCUT2D eigenvalue weighted by molar-refractivity contribution is -0.119. The first kappa shape index (κ1) is 17.1. The van der Waals surface area contributed by atoms with Crippen LogP contribution in [0.25, 0.3) is 0 Å². The number of halogens is 1. The van der Waals surface area contributed by atoms with Crippen molar-refractivity contribution >= 4 is 23.4 Å². The SMILES string of the molecule is COC=C1CN(c2ccc(N3C[C@H](CNC(C)=O)OC3=O)cc2F)C1. The number of nitrogens with one attached hydrogen (secondary N) is 1. The van der Waals surface area contributed by atoms with E-state index in [0.717, 1.165) is 5.57 Å². The molecular formula is C17H20FN3O4. The number of carbonyl (C=O) groups excluding carboxylic acids is 2. The van der Waals surface area contributed by atoms with Gasteiger partial charge < -0.3 is 19.7 Å². The molecule has 1 aromatic rings. The van der Waals surface area contributed by atoms with Crippen molar-refractivity contribution in [2.45, 2.75) is 13.0 Å². The monoisotopic (exact) mass is 349 g/mol. The summed E-state index contributed by atoms with van der Waals surface area (Å²) in [6.07, 6.45) is 0.672. The van der Waals surface area contributed by atoms with Crippen LogP contribution in [0.1, 0.15) is 6.92 Å². The molecule has 7 nitrogen and oxygen atoms in total. The van der Waals surface area contributed by atoms with Crippen LogP contribution in [0.3, 0.4) is 0 Å². The van der Waals surface area contributed by atoms with Crippen LogP contribution < -0.4 is 15.1 Å². The van der Waals surface area contributed by atoms with Crippen LogP contribution in [0.5, 0.6) is 0 Å². The van der Waals surface area contributed by atoms with Gasteiger partial charge in [0.25, 0.3) is 0 Å². The number of hydrogen-bond donors (Lipinski definition) is 1. The highest BCUT2D eigenvalue weighted by atomic mass is 19.1. The molecule has 0 unspecified atom stereocenters. The van der Waals surface area contributed by atoms with E-state index in [9.17, 15) is 14.0 Å². The molecule has 1 N–H and O–H groups in total. The molecule has 8 heteroatoms. The number of rotatable bonds is 5. The molecule has 3 rings (SSSR count). The van der Waals surface area contributed by atoms with Crippen molar-refractivity contribution in [1.82, 2.24) is 5.32 Å². The van der Waals surface area contributed by atoms with Crippen LogP contribution in [0.15, 0.2) is 30.0 Å². The maximum atomic E-state index is 14.4. The highest BCUT2D eigenvalue weighted by molar-refractivity contribution is 5.90. The van der Waals surface area contributed by atoms with Gasteiger partial charge in [0.05, 0.1) is 37.8 Å². The van der Waals surface area contributed by atoms with Crippen molar-refractivity contribution in [2.75, 3.05) is 43.1 Å². The third-order valence-corrected chi connectivity index (χ3v) is 4.11. The van der Waals surface area contributed by atoms with E-state index in [2.05, 4.69) is 5.32 Å². The quantitative estimate of drug-likeness (QED) is 0.819. The normalized spacial score (nSPS) is 19.4. The smallest absolute Gasteiger partial charge is 0.414 e. The lowest BCUT2D eigenvalue weighted by atomic mass is 10.1. The fourth-order valence-electron chi connectivity index (χ4n) is 2.87. The predicted octanol–water partition coefficient (Wildman–Crippen LogP) is 1.64. The topological polar surface area (TPSA) is 71.1 Å². The van der Waals surface area contributed by atoms with Crippen molar-refractivity contribution in [3.63, 3.8) is 0 Å². The number of nitrogens with zero attached hydrogens (tertiary/aromatic N) is 2. The molecule has 2 amide bonds. The Balaban J connectivity index is 1.66. The summed E-state index contributed by atoms with van der Waals surface area (Å²) in [5.74, 6) is -0.589. The van der Waals surface area contributed by atoms with E-state index in [1.807, 2.05) is 4.90 Å². The van der Waals surface area contributed by atoms with Gasteiger partial charge >= 0.3 is 6.09 Å². The van der Waals surface area contributed by atoms with Crippen molar-refractivity contribution in [3.05, 3.63) is 35.9 Å². The zero-order valence-corrected chi connectivity index (χ0v) is 14.1. The molecule has 134 valence electrons. The molecule has 2 aliphatic rings. The van der Waals surface area contributed by atoms with Crippen LogP contribution in [-0.4, -0.2) is 51.4 Å². The third kappa shape index (κ3) is 3.67. The molecule has 0 radical (unpaired) electrons. The number of carbonyl (C=O) groups is 2. The maximum Gasteiger partial charge on any atom is 0.414 e. The van der Waals surface area contributed by atoms with Gasteiger partial charge in [-0.2, -0.15) is 0 Å². The van der Waals surface area contributed by atoms with E-state index in [1.54, 1.807) is 25.5 Å². The van der Waals surface area contributed by atoms with Gasteiger partial charge in [-0.15, -0.1) is 0 Å². The minimum Gasteiger partial charge on any atom is -0.504 e. The molecule has 0 aromatic heterocycles. The first-order valence-electron chi connectivity index (χ1n) is 7.95. The fourth-order valence-corrected chi connectivity index (χ4v) is 2.87. The largest absolute Gasteiger partial charge is 0.504 e. The molecule has 25 heavy (non-hydrogen) atoms. The standard InChI is InChI=1S/C17H20FN3O4/c1-11(22)19-6-14-9-21(17(23)25-14)13-3-4-16(15(18)5-13)20-7-12(8-20)10-24-2/h3-5,10,14H,6-9H2,1-2H3,(H,19,22)/t14-/m0/s1. The van der Waals surface area contributed by atoms with Crippen molar-refractivity contribution in [1.29, 1.82) is 0 Å². The fraction of sp³-hybridized carbons (Fsp3) is 0.412. The number of cyclic esters (lactones) is 1. The molecule has 1 atom stereocenters. The molecule has 2 saturated heterocycles. The van der Waals surface area contributed by atoms with Gasteiger partial charge in [0.1, 0.15) is 11.9 Å². The Kier molecular flexibility index (Phi) is 4.78. The van der Waals surface area contributed by atoms with Crippen LogP contribution in [0.4, 0.5) is 20.6 Å². The molecule has 2 heterocycles. The summed E-state index contributed by atoms with van der Waals surface area (Å²) in [5.41, 5.74) is 2.01. The Morgan fingerprint density at radius 2 is 2.24 bits per heavy atom. The number of anilines is 2. The third-order valence-electron chi connectivity index (χ3n) is 4.11. The molecule has 2 aliphatic heterocycles. The van der Waals surface area contributed by atoms with Gasteiger partial charge in [0.2, 0.25) is 5.91 Å². The Bertz CT molecular complexity index is 714. The summed E-state index contributed by atoms with van der Waals surface area (Å²) < 4.78 is 24.6. The van der Waals surface area contributed by atoms with E-state index in [4.69, 9.17) is 9.47 Å². The zero-order chi connectivity index (χ0) is 18.0. The molecule has 0 saturated carbocycles. The van der Waals surface area contributed by atoms with E-state index in [-0.39, 0.29) is 19.0 Å². The average molecular weight is 349 g/mol. The molecule has 1 aromatic carbocycles. The number of hydrogen-bond acceptors (Lipinski definition) is 5. The van der Waals surface area contributed by atoms with Gasteiger partial charge in [0.15, 0.2) is 0 Å². The van der Waals surface area contributed by atoms with Crippen LogP contribution in [0, 0.1) is 5.82 Å². The highest BCUT2D eigenvalue weighted by Gasteiger charge is 2.33. The van der Waals surface area contributed by atoms with E-state index >= 15 is 0 Å². The second-order valence-electron chi connectivity index (χ2n) is 6.06. The Morgan fingerprint density at radius 1 is 1.48 bits per heavy atom. The minimum atomic E-state index is -0.545. The summed E-state index contributed by atoms with van der Waals surface area (Å²) in [5, 5.41) is 2.61. The van der Waals surface area contributed by atoms with Crippen LogP contribution in [0.2, 0.25) is 0 Å². The second kappa shape index (κ2) is 7.00. The number of amides is 2. The van der Waals surface area contributed by atoms with Gasteiger partial charge in [-0.25, -0.2) is 9.18 Å². The van der Waals surface area contributed by atoms with Crippen LogP contribution in [-0.2, 0) is 14.3 Å². The Hall–Kier alpha value is -2.77. The average Bonchev–Trinajstić information content (AvgIpc) is 2.90. The lowest BCUT2D eigenvalue weighted by Gasteiger charge is -2.36. The first-order chi connectivity index (χ1) is 12.0. The van der Waals surface area contributed by atoms with E-state index in [1.165, 1.54) is 17.9 Å². The zero-order valence-electron chi connectivity index (χ0n) is 14.1. The predicted molar refractivity (Wildman–Crippen MR) is 90.0 cm³/mol. The Labute approximate surface area is 145 Å². The summed E-state index contributed by atoms with van der Waals surface area (Å²) in [4.78, 5) is 26.2. The lowest BCUT2D eigenvalue weighted by Crippen LogP contribution is -2.40. The van der Waals surface area contributed by atoms with Crippen LogP contribution >= 0.6 is 0 Å². The molecule has 0 spiro atoms. The highest BCUT2D eigenvalue weighted by Crippen LogP contribution is 2.31. The number of ether oxygens (including phenoxy) is 2. The van der Waals surface area contributed by atoms with Crippen molar-refractivity contribution < 1.29 is 23.5 Å². The summed E-state index contributed by atoms with van der Waals surface area (Å²) in [6.45, 7) is 3.14. The molecular weight excluding hydrogens is 329 g/mol. The minimum absolute atomic E-state index is 0.193. The van der Waals surface area contributed by atoms with Crippen molar-refractivity contribution in [3.8, 4) is 0 Å². The van der Waals surface area contributed by atoms with E-state index < -0.39 is 18.0 Å². The molecule has 0 aliphatic carbocycles. The number of methoxy groups -OCH3 is 1. The van der Waals surface area contributed by atoms with Gasteiger partial charge in [-0.1, -0.05) is 0 Å². The Morgan fingerprint density at radius 3 is 2.88 bits per heavy atom. The molecule has 0 bridgehead atoms. The summed E-state index contributed by atoms with van der Waals surface area (Å²) >= 11 is 0.